The second-order valence-electron chi connectivity index (χ2n) is 7.98. The van der Waals surface area contributed by atoms with Crippen molar-refractivity contribution in [3.8, 4) is 0 Å². The molecule has 0 fully saturated rings. The molecule has 28 heavy (non-hydrogen) atoms. The standard InChI is InChI=1S/C26H16BN/c27-19-13-22-20-9-15-5-1-3-7-17(15)11-24(20)28-25-12-18-8-4-2-6-16(18)10-21(25)23(14-19)26(22)28/h1-14H,27H2. The Morgan fingerprint density at radius 1 is 0.500 bits per heavy atom. The first kappa shape index (κ1) is 14.5. The minimum absolute atomic E-state index is 1.29. The first-order chi connectivity index (χ1) is 13.8. The fraction of sp³-hybridized carbons (Fsp3) is 0. The predicted molar refractivity (Wildman–Crippen MR) is 124 cm³/mol. The molecule has 0 aliphatic carbocycles. The first-order valence-corrected chi connectivity index (χ1v) is 9.79. The number of rotatable bonds is 0. The second-order valence-corrected chi connectivity index (χ2v) is 7.98. The van der Waals surface area contributed by atoms with Crippen LogP contribution in [0.1, 0.15) is 0 Å². The molecule has 0 aliphatic heterocycles. The van der Waals surface area contributed by atoms with Gasteiger partial charge >= 0.3 is 0 Å². The van der Waals surface area contributed by atoms with Crippen LogP contribution in [0.5, 0.6) is 0 Å². The van der Waals surface area contributed by atoms with Gasteiger partial charge in [0.1, 0.15) is 7.85 Å². The van der Waals surface area contributed by atoms with Gasteiger partial charge in [0.05, 0.1) is 16.6 Å². The van der Waals surface area contributed by atoms with Crippen molar-refractivity contribution < 1.29 is 0 Å². The molecule has 0 radical (unpaired) electrons. The van der Waals surface area contributed by atoms with Crippen LogP contribution in [0.25, 0.3) is 59.6 Å². The van der Waals surface area contributed by atoms with E-state index < -0.39 is 0 Å². The van der Waals surface area contributed by atoms with Crippen LogP contribution < -0.4 is 5.46 Å². The number of hydrogen-bond acceptors (Lipinski definition) is 0. The van der Waals surface area contributed by atoms with Gasteiger partial charge in [-0.05, 0) is 45.8 Å². The zero-order chi connectivity index (χ0) is 18.4. The van der Waals surface area contributed by atoms with Gasteiger partial charge in [0.25, 0.3) is 0 Å². The van der Waals surface area contributed by atoms with E-state index in [-0.39, 0.29) is 0 Å². The maximum absolute atomic E-state index is 2.48. The number of benzene rings is 5. The summed E-state index contributed by atoms with van der Waals surface area (Å²) in [6, 6.07) is 31.5. The highest BCUT2D eigenvalue weighted by Crippen LogP contribution is 2.40. The van der Waals surface area contributed by atoms with Gasteiger partial charge in [0.2, 0.25) is 0 Å². The fourth-order valence-corrected chi connectivity index (χ4v) is 5.06. The molecule has 0 saturated carbocycles. The van der Waals surface area contributed by atoms with Gasteiger partial charge in [-0.25, -0.2) is 0 Å². The molecule has 2 heteroatoms. The Balaban J connectivity index is 1.84. The quantitative estimate of drug-likeness (QED) is 0.322. The molecule has 0 saturated heterocycles. The van der Waals surface area contributed by atoms with Gasteiger partial charge in [-0.1, -0.05) is 66.1 Å². The van der Waals surface area contributed by atoms with Crippen LogP contribution in [-0.4, -0.2) is 12.2 Å². The average Bonchev–Trinajstić information content (AvgIpc) is 3.20. The number of nitrogens with zero attached hydrogens (tertiary/aromatic N) is 1. The first-order valence-electron chi connectivity index (χ1n) is 9.79. The minimum atomic E-state index is 1.29. The maximum atomic E-state index is 2.48. The number of fused-ring (bicyclic) bond motifs is 8. The Morgan fingerprint density at radius 3 is 1.39 bits per heavy atom. The predicted octanol–water partition coefficient (Wildman–Crippen LogP) is 5.40. The molecule has 5 aromatic carbocycles. The van der Waals surface area contributed by atoms with E-state index in [4.69, 9.17) is 0 Å². The highest BCUT2D eigenvalue weighted by Gasteiger charge is 2.18. The number of aromatic nitrogens is 1. The fourth-order valence-electron chi connectivity index (χ4n) is 5.06. The Hall–Kier alpha value is -3.52. The highest BCUT2D eigenvalue weighted by atomic mass is 14.9. The molecule has 128 valence electrons. The lowest BCUT2D eigenvalue weighted by molar-refractivity contribution is 1.38. The van der Waals surface area contributed by atoms with Crippen molar-refractivity contribution in [1.29, 1.82) is 0 Å². The molecule has 0 bridgehead atoms. The van der Waals surface area contributed by atoms with Crippen LogP contribution in [0.15, 0.2) is 84.9 Å². The van der Waals surface area contributed by atoms with Crippen LogP contribution in [0.4, 0.5) is 0 Å². The molecule has 0 aliphatic rings. The summed E-state index contributed by atoms with van der Waals surface area (Å²) in [4.78, 5) is 0. The molecule has 0 N–H and O–H groups in total. The molecular formula is C26H16BN. The third-order valence-corrected chi connectivity index (χ3v) is 6.27. The second kappa shape index (κ2) is 4.85. The molecule has 2 aromatic heterocycles. The molecule has 2 heterocycles. The summed E-state index contributed by atoms with van der Waals surface area (Å²) < 4.78 is 2.48. The topological polar surface area (TPSA) is 4.41 Å². The van der Waals surface area contributed by atoms with Gasteiger partial charge < -0.3 is 4.40 Å². The molecular weight excluding hydrogens is 337 g/mol. The molecule has 0 atom stereocenters. The summed E-state index contributed by atoms with van der Waals surface area (Å²) >= 11 is 0. The smallest absolute Gasteiger partial charge is 0.139 e. The zero-order valence-electron chi connectivity index (χ0n) is 15.5. The van der Waals surface area contributed by atoms with E-state index in [2.05, 4.69) is 97.2 Å². The molecule has 7 aromatic rings. The lowest BCUT2D eigenvalue weighted by Crippen LogP contribution is -1.99. The van der Waals surface area contributed by atoms with E-state index in [1.54, 1.807) is 0 Å². The summed E-state index contributed by atoms with van der Waals surface area (Å²) in [6.07, 6.45) is 0. The molecule has 7 rings (SSSR count). The van der Waals surface area contributed by atoms with Crippen LogP contribution in [-0.2, 0) is 0 Å². The Bertz CT molecular complexity index is 1600. The van der Waals surface area contributed by atoms with Crippen molar-refractivity contribution in [1.82, 2.24) is 4.40 Å². The van der Waals surface area contributed by atoms with Gasteiger partial charge in [-0.3, -0.25) is 0 Å². The third-order valence-electron chi connectivity index (χ3n) is 6.27. The van der Waals surface area contributed by atoms with Crippen molar-refractivity contribution in [2.75, 3.05) is 0 Å². The van der Waals surface area contributed by atoms with Crippen molar-refractivity contribution in [2.24, 2.45) is 0 Å². The van der Waals surface area contributed by atoms with Crippen LogP contribution in [0, 0.1) is 0 Å². The lowest BCUT2D eigenvalue weighted by atomic mass is 9.92. The summed E-state index contributed by atoms with van der Waals surface area (Å²) in [5, 5.41) is 10.6. The molecule has 0 amide bonds. The number of hydrogen-bond donors (Lipinski definition) is 0. The Kier molecular flexibility index (Phi) is 2.52. The van der Waals surface area contributed by atoms with E-state index in [0.717, 1.165) is 0 Å². The van der Waals surface area contributed by atoms with E-state index >= 15 is 0 Å². The monoisotopic (exact) mass is 353 g/mol. The zero-order valence-corrected chi connectivity index (χ0v) is 15.5. The minimum Gasteiger partial charge on any atom is -0.308 e. The summed E-state index contributed by atoms with van der Waals surface area (Å²) in [5.41, 5.74) is 5.26. The van der Waals surface area contributed by atoms with E-state index in [1.807, 2.05) is 0 Å². The molecule has 1 nitrogen and oxygen atoms in total. The SMILES string of the molecule is Bc1cc2c3cc4ccccc4cc3n3c4cc5ccccc5cc4c(c1)c23. The van der Waals surface area contributed by atoms with E-state index in [1.165, 1.54) is 65.1 Å². The summed E-state index contributed by atoms with van der Waals surface area (Å²) in [6.45, 7) is 0. The normalized spacial score (nSPS) is 12.4. The third kappa shape index (κ3) is 1.68. The van der Waals surface area contributed by atoms with Crippen LogP contribution in [0.2, 0.25) is 0 Å². The highest BCUT2D eigenvalue weighted by molar-refractivity contribution is 6.37. The van der Waals surface area contributed by atoms with Crippen molar-refractivity contribution in [2.45, 2.75) is 0 Å². The van der Waals surface area contributed by atoms with Crippen molar-refractivity contribution in [3.05, 3.63) is 84.9 Å². The van der Waals surface area contributed by atoms with Gasteiger partial charge in [0.15, 0.2) is 0 Å². The Labute approximate surface area is 162 Å². The van der Waals surface area contributed by atoms with E-state index in [9.17, 15) is 0 Å². The van der Waals surface area contributed by atoms with Gasteiger partial charge in [-0.15, -0.1) is 0 Å². The maximum Gasteiger partial charge on any atom is 0.139 e. The summed E-state index contributed by atoms with van der Waals surface area (Å²) in [5.74, 6) is 0. The van der Waals surface area contributed by atoms with E-state index in [0.29, 0.717) is 0 Å². The van der Waals surface area contributed by atoms with Gasteiger partial charge in [0, 0.05) is 21.5 Å². The van der Waals surface area contributed by atoms with Crippen molar-refractivity contribution in [3.63, 3.8) is 0 Å². The van der Waals surface area contributed by atoms with Crippen LogP contribution >= 0.6 is 0 Å². The Morgan fingerprint density at radius 2 is 0.929 bits per heavy atom. The van der Waals surface area contributed by atoms with Crippen LogP contribution in [0.3, 0.4) is 0 Å². The lowest BCUT2D eigenvalue weighted by Gasteiger charge is -2.03. The average molecular weight is 353 g/mol. The summed E-state index contributed by atoms with van der Waals surface area (Å²) in [7, 11) is 2.21. The largest absolute Gasteiger partial charge is 0.308 e. The van der Waals surface area contributed by atoms with Gasteiger partial charge in [-0.2, -0.15) is 0 Å². The van der Waals surface area contributed by atoms with Crippen molar-refractivity contribution >= 4 is 72.9 Å². The molecule has 0 unspecified atom stereocenters. The molecule has 0 spiro atoms.